The largest absolute Gasteiger partial charge is 0.444 e. The lowest BCUT2D eigenvalue weighted by Gasteiger charge is -2.36. The fraction of sp³-hybridized carbons (Fsp3) is 0.333. The molecule has 1 saturated heterocycles. The van der Waals surface area contributed by atoms with Crippen molar-refractivity contribution in [3.05, 3.63) is 70.4 Å². The van der Waals surface area contributed by atoms with Gasteiger partial charge in [0.1, 0.15) is 17.2 Å². The number of benzene rings is 2. The first-order valence-corrected chi connectivity index (χ1v) is 14.4. The van der Waals surface area contributed by atoms with E-state index in [4.69, 9.17) is 32.9 Å². The lowest BCUT2D eigenvalue weighted by molar-refractivity contribution is 0.0240. The Morgan fingerprint density at radius 1 is 0.976 bits per heavy atom. The Hall–Kier alpha value is -3.82. The SMILES string of the molecule is CC(C)(C)OC(=O)N1CCN(c2ccc(N=c3ncc4cc(-c5ccccc5Cl)c5n(c-4n3)CCN5)c(Cl)c2)CC1. The summed E-state index contributed by atoms with van der Waals surface area (Å²) in [6.07, 6.45) is 1.51. The van der Waals surface area contributed by atoms with E-state index in [0.717, 1.165) is 47.1 Å². The number of carbonyl (C=O) groups is 1. The van der Waals surface area contributed by atoms with E-state index < -0.39 is 5.60 Å². The van der Waals surface area contributed by atoms with Gasteiger partial charge in [0.25, 0.3) is 5.62 Å². The summed E-state index contributed by atoms with van der Waals surface area (Å²) in [5.74, 6) is 1.77. The third kappa shape index (κ3) is 5.69. The number of hydrogen-bond acceptors (Lipinski definition) is 7. The van der Waals surface area contributed by atoms with Crippen LogP contribution in [0.15, 0.2) is 59.7 Å². The highest BCUT2D eigenvalue weighted by atomic mass is 35.5. The molecule has 1 N–H and O–H groups in total. The minimum atomic E-state index is -0.509. The number of nitrogens with one attached hydrogen (secondary N) is 1. The molecule has 0 aliphatic carbocycles. The predicted molar refractivity (Wildman–Crippen MR) is 162 cm³/mol. The van der Waals surface area contributed by atoms with Crippen molar-refractivity contribution >= 4 is 46.5 Å². The number of aromatic nitrogens is 3. The molecule has 2 aromatic rings. The number of rotatable bonds is 3. The molecule has 6 rings (SSSR count). The normalized spacial score (nSPS) is 15.7. The molecule has 4 heterocycles. The van der Waals surface area contributed by atoms with Crippen LogP contribution in [0.25, 0.3) is 22.5 Å². The molecule has 0 unspecified atom stereocenters. The van der Waals surface area contributed by atoms with Crippen LogP contribution in [0.2, 0.25) is 10.0 Å². The monoisotopic (exact) mass is 591 g/mol. The van der Waals surface area contributed by atoms with Gasteiger partial charge in [0, 0.05) is 72.9 Å². The van der Waals surface area contributed by atoms with Gasteiger partial charge >= 0.3 is 6.09 Å². The van der Waals surface area contributed by atoms with Gasteiger partial charge in [0.05, 0.1) is 10.7 Å². The topological polar surface area (TPSA) is 87.9 Å². The highest BCUT2D eigenvalue weighted by Crippen LogP contribution is 2.39. The molecule has 0 radical (unpaired) electrons. The molecule has 0 saturated carbocycles. The van der Waals surface area contributed by atoms with Crippen LogP contribution in [0.3, 0.4) is 0 Å². The quantitative estimate of drug-likeness (QED) is 0.311. The number of amides is 1. The summed E-state index contributed by atoms with van der Waals surface area (Å²) < 4.78 is 7.65. The number of anilines is 2. The van der Waals surface area contributed by atoms with Crippen LogP contribution < -0.4 is 15.8 Å². The first-order valence-electron chi connectivity index (χ1n) is 13.6. The molecule has 212 valence electrons. The Balaban J connectivity index is 1.24. The first-order chi connectivity index (χ1) is 19.7. The standard InChI is InChI=1S/C30H31Cl2N7O2/c1-30(2,3)41-29(40)38-14-12-37(13-15-38)20-8-9-25(24(32)17-20)35-28-34-18-19-16-22(21-6-4-5-7-23(21)31)27-33-10-11-39(27)26(19)36-28/h4-9,16-18,33H,10-15H2,1-3H3. The Kier molecular flexibility index (Phi) is 7.25. The highest BCUT2D eigenvalue weighted by molar-refractivity contribution is 6.33. The van der Waals surface area contributed by atoms with E-state index in [1.165, 1.54) is 0 Å². The van der Waals surface area contributed by atoms with Crippen LogP contribution in [0.1, 0.15) is 20.8 Å². The van der Waals surface area contributed by atoms with Crippen LogP contribution >= 0.6 is 23.2 Å². The maximum absolute atomic E-state index is 12.4. The van der Waals surface area contributed by atoms with Crippen LogP contribution in [-0.4, -0.2) is 63.9 Å². The van der Waals surface area contributed by atoms with E-state index in [1.54, 1.807) is 11.1 Å². The van der Waals surface area contributed by atoms with Crippen LogP contribution in [0.5, 0.6) is 0 Å². The lowest BCUT2D eigenvalue weighted by atomic mass is 10.0. The fourth-order valence-corrected chi connectivity index (χ4v) is 5.62. The summed E-state index contributed by atoms with van der Waals surface area (Å²) in [7, 11) is 0. The molecular weight excluding hydrogens is 561 g/mol. The molecule has 2 aromatic carbocycles. The molecule has 4 aliphatic rings. The van der Waals surface area contributed by atoms with E-state index in [-0.39, 0.29) is 6.09 Å². The summed E-state index contributed by atoms with van der Waals surface area (Å²) >= 11 is 13.2. The van der Waals surface area contributed by atoms with Crippen molar-refractivity contribution in [1.29, 1.82) is 0 Å². The van der Waals surface area contributed by atoms with Crippen molar-refractivity contribution in [2.75, 3.05) is 42.9 Å². The molecule has 0 bridgehead atoms. The minimum absolute atomic E-state index is 0.278. The van der Waals surface area contributed by atoms with Gasteiger partial charge in [-0.1, -0.05) is 41.4 Å². The van der Waals surface area contributed by atoms with E-state index in [2.05, 4.69) is 30.8 Å². The van der Waals surface area contributed by atoms with Gasteiger partial charge in [-0.3, -0.25) is 0 Å². The van der Waals surface area contributed by atoms with Crippen molar-refractivity contribution in [3.63, 3.8) is 0 Å². The highest BCUT2D eigenvalue weighted by Gasteiger charge is 2.26. The zero-order valence-electron chi connectivity index (χ0n) is 23.2. The second-order valence-electron chi connectivity index (χ2n) is 11.1. The van der Waals surface area contributed by atoms with Crippen molar-refractivity contribution in [2.24, 2.45) is 4.99 Å². The Morgan fingerprint density at radius 2 is 1.76 bits per heavy atom. The van der Waals surface area contributed by atoms with Gasteiger partial charge < -0.3 is 24.4 Å². The molecule has 41 heavy (non-hydrogen) atoms. The van der Waals surface area contributed by atoms with Crippen LogP contribution in [-0.2, 0) is 11.3 Å². The zero-order valence-corrected chi connectivity index (χ0v) is 24.7. The van der Waals surface area contributed by atoms with Gasteiger partial charge in [-0.25, -0.2) is 14.8 Å². The number of pyridine rings is 1. The number of carbonyl (C=O) groups excluding carboxylic acids is 1. The van der Waals surface area contributed by atoms with Gasteiger partial charge in [-0.15, -0.1) is 0 Å². The van der Waals surface area contributed by atoms with Crippen molar-refractivity contribution in [1.82, 2.24) is 19.4 Å². The fourth-order valence-electron chi connectivity index (χ4n) is 5.16. The third-order valence-corrected chi connectivity index (χ3v) is 7.74. The van der Waals surface area contributed by atoms with Gasteiger partial charge in [-0.05, 0) is 51.1 Å². The number of ether oxygens (including phenoxy) is 1. The summed E-state index contributed by atoms with van der Waals surface area (Å²) in [6, 6.07) is 15.6. The average Bonchev–Trinajstić information content (AvgIpc) is 3.44. The Bertz CT molecular complexity index is 1660. The molecule has 9 nitrogen and oxygen atoms in total. The molecule has 0 aromatic heterocycles. The van der Waals surface area contributed by atoms with Crippen LogP contribution in [0, 0.1) is 0 Å². The van der Waals surface area contributed by atoms with Crippen molar-refractivity contribution in [2.45, 2.75) is 32.9 Å². The van der Waals surface area contributed by atoms with E-state index >= 15 is 0 Å². The number of nitrogens with zero attached hydrogens (tertiary/aromatic N) is 6. The summed E-state index contributed by atoms with van der Waals surface area (Å²) in [5, 5.41) is 4.68. The predicted octanol–water partition coefficient (Wildman–Crippen LogP) is 6.07. The number of piperazine rings is 1. The summed E-state index contributed by atoms with van der Waals surface area (Å²) in [5.41, 5.74) is 4.27. The lowest BCUT2D eigenvalue weighted by Crippen LogP contribution is -2.50. The van der Waals surface area contributed by atoms with E-state index in [9.17, 15) is 4.79 Å². The average molecular weight is 593 g/mol. The smallest absolute Gasteiger partial charge is 0.410 e. The van der Waals surface area contributed by atoms with Gasteiger partial charge in [0.2, 0.25) is 0 Å². The summed E-state index contributed by atoms with van der Waals surface area (Å²) in [4.78, 5) is 30.3. The number of fused-ring (bicyclic) bond motifs is 3. The Labute approximate surface area is 248 Å². The summed E-state index contributed by atoms with van der Waals surface area (Å²) in [6.45, 7) is 9.73. The third-order valence-electron chi connectivity index (χ3n) is 7.10. The van der Waals surface area contributed by atoms with Crippen molar-refractivity contribution in [3.8, 4) is 22.5 Å². The molecular formula is C30H31Cl2N7O2. The number of hydrogen-bond donors (Lipinski definition) is 1. The van der Waals surface area contributed by atoms with E-state index in [1.807, 2.05) is 63.2 Å². The molecule has 1 amide bonds. The minimum Gasteiger partial charge on any atom is -0.444 e. The Morgan fingerprint density at radius 3 is 2.49 bits per heavy atom. The maximum Gasteiger partial charge on any atom is 0.410 e. The second kappa shape index (κ2) is 10.9. The first kappa shape index (κ1) is 27.4. The zero-order chi connectivity index (χ0) is 28.7. The second-order valence-corrected chi connectivity index (χ2v) is 11.9. The van der Waals surface area contributed by atoms with E-state index in [0.29, 0.717) is 47.5 Å². The molecule has 4 aliphatic heterocycles. The number of halogens is 2. The maximum atomic E-state index is 12.4. The molecule has 0 atom stereocenters. The van der Waals surface area contributed by atoms with Gasteiger partial charge in [-0.2, -0.15) is 4.98 Å². The van der Waals surface area contributed by atoms with Crippen LogP contribution in [0.4, 0.5) is 22.0 Å². The molecule has 0 spiro atoms. The van der Waals surface area contributed by atoms with Gasteiger partial charge in [0.15, 0.2) is 0 Å². The molecule has 1 fully saturated rings. The van der Waals surface area contributed by atoms with Crippen molar-refractivity contribution < 1.29 is 9.53 Å². The molecule has 11 heteroatoms.